The Kier molecular flexibility index (Phi) is 4.49. The maximum absolute atomic E-state index is 5.60. The van der Waals surface area contributed by atoms with Crippen LogP contribution in [-0.4, -0.2) is 27.2 Å². The van der Waals surface area contributed by atoms with Crippen LogP contribution >= 0.6 is 0 Å². The van der Waals surface area contributed by atoms with E-state index in [1.165, 1.54) is 16.7 Å². The van der Waals surface area contributed by atoms with Gasteiger partial charge in [0.15, 0.2) is 5.82 Å². The highest BCUT2D eigenvalue weighted by molar-refractivity contribution is 5.41. The third-order valence-electron chi connectivity index (χ3n) is 3.17. The molecule has 102 valence electrons. The second-order valence-corrected chi connectivity index (χ2v) is 4.66. The number of nitrogens with one attached hydrogen (secondary N) is 1. The summed E-state index contributed by atoms with van der Waals surface area (Å²) in [5.41, 5.74) is 3.84. The van der Waals surface area contributed by atoms with Crippen molar-refractivity contribution in [2.45, 2.75) is 40.0 Å². The minimum absolute atomic E-state index is 0.706. The molecule has 19 heavy (non-hydrogen) atoms. The minimum Gasteiger partial charge on any atom is -0.494 e. The lowest BCUT2D eigenvalue weighted by Gasteiger charge is -2.12. The molecule has 0 radical (unpaired) electrons. The van der Waals surface area contributed by atoms with E-state index in [-0.39, 0.29) is 0 Å². The Balaban J connectivity index is 1.98. The van der Waals surface area contributed by atoms with Crippen molar-refractivity contribution in [1.82, 2.24) is 20.6 Å². The van der Waals surface area contributed by atoms with Gasteiger partial charge in [0.2, 0.25) is 0 Å². The van der Waals surface area contributed by atoms with Crippen LogP contribution in [0.15, 0.2) is 12.1 Å². The molecule has 0 fully saturated rings. The van der Waals surface area contributed by atoms with Gasteiger partial charge in [0.25, 0.3) is 0 Å². The summed E-state index contributed by atoms with van der Waals surface area (Å²) in [6, 6.07) is 4.35. The van der Waals surface area contributed by atoms with Crippen LogP contribution in [0.25, 0.3) is 0 Å². The fourth-order valence-electron chi connectivity index (χ4n) is 2.16. The molecule has 0 saturated heterocycles. The Hall–Kier alpha value is -1.91. The molecule has 1 aromatic carbocycles. The zero-order valence-electron chi connectivity index (χ0n) is 11.7. The lowest BCUT2D eigenvalue weighted by Crippen LogP contribution is -1.99. The van der Waals surface area contributed by atoms with E-state index in [1.807, 2.05) is 6.92 Å². The van der Waals surface area contributed by atoms with Crippen molar-refractivity contribution in [2.24, 2.45) is 0 Å². The first-order valence-corrected chi connectivity index (χ1v) is 6.66. The first-order valence-electron chi connectivity index (χ1n) is 6.66. The lowest BCUT2D eigenvalue weighted by atomic mass is 9.99. The van der Waals surface area contributed by atoms with Gasteiger partial charge in [-0.1, -0.05) is 11.3 Å². The molecule has 1 aromatic heterocycles. The number of aromatic nitrogens is 4. The van der Waals surface area contributed by atoms with Gasteiger partial charge in [-0.3, -0.25) is 0 Å². The van der Waals surface area contributed by atoms with Crippen LogP contribution < -0.4 is 4.74 Å². The van der Waals surface area contributed by atoms with Crippen molar-refractivity contribution in [3.8, 4) is 5.75 Å². The number of aromatic amines is 1. The number of benzene rings is 1. The second-order valence-electron chi connectivity index (χ2n) is 4.66. The number of hydrogen-bond donors (Lipinski definition) is 1. The molecule has 0 unspecified atom stereocenters. The van der Waals surface area contributed by atoms with E-state index in [9.17, 15) is 0 Å². The summed E-state index contributed by atoms with van der Waals surface area (Å²) in [5, 5.41) is 13.9. The van der Waals surface area contributed by atoms with Crippen molar-refractivity contribution in [3.63, 3.8) is 0 Å². The predicted molar refractivity (Wildman–Crippen MR) is 73.3 cm³/mol. The van der Waals surface area contributed by atoms with Crippen LogP contribution in [0.3, 0.4) is 0 Å². The average molecular weight is 260 g/mol. The summed E-state index contributed by atoms with van der Waals surface area (Å²) in [4.78, 5) is 0. The molecule has 0 spiro atoms. The number of tetrazole rings is 1. The molecule has 2 aromatic rings. The minimum atomic E-state index is 0.706. The molecular formula is C14H20N4O. The van der Waals surface area contributed by atoms with E-state index in [0.29, 0.717) is 6.61 Å². The third kappa shape index (κ3) is 3.53. The summed E-state index contributed by atoms with van der Waals surface area (Å²) in [6.07, 6.45) is 2.89. The van der Waals surface area contributed by atoms with Gasteiger partial charge in [-0.05, 0) is 56.4 Å². The fraction of sp³-hybridized carbons (Fsp3) is 0.500. The Bertz CT molecular complexity index is 522. The van der Waals surface area contributed by atoms with Crippen LogP contribution in [0, 0.1) is 13.8 Å². The molecule has 0 aliphatic heterocycles. The van der Waals surface area contributed by atoms with E-state index in [1.54, 1.807) is 0 Å². The summed E-state index contributed by atoms with van der Waals surface area (Å²) in [5.74, 6) is 1.77. The highest BCUT2D eigenvalue weighted by atomic mass is 16.5. The number of H-pyrrole nitrogens is 1. The molecule has 0 saturated carbocycles. The molecule has 0 aliphatic rings. The van der Waals surface area contributed by atoms with Gasteiger partial charge >= 0.3 is 0 Å². The van der Waals surface area contributed by atoms with Gasteiger partial charge in [0.1, 0.15) is 5.75 Å². The van der Waals surface area contributed by atoms with Gasteiger partial charge in [-0.25, -0.2) is 0 Å². The van der Waals surface area contributed by atoms with Crippen LogP contribution in [0.1, 0.15) is 35.9 Å². The maximum atomic E-state index is 5.60. The molecule has 0 amide bonds. The summed E-state index contributed by atoms with van der Waals surface area (Å²) in [6.45, 7) is 6.93. The number of rotatable bonds is 6. The molecular weight excluding hydrogens is 240 g/mol. The normalized spacial score (nSPS) is 10.7. The SMILES string of the molecule is CCOc1cc(C)c(CCCc2nn[nH]n2)cc1C. The highest BCUT2D eigenvalue weighted by Crippen LogP contribution is 2.24. The molecule has 0 aliphatic carbocycles. The monoisotopic (exact) mass is 260 g/mol. The highest BCUT2D eigenvalue weighted by Gasteiger charge is 2.06. The predicted octanol–water partition coefficient (Wildman–Crippen LogP) is 2.39. The average Bonchev–Trinajstić information content (AvgIpc) is 2.88. The molecule has 2 rings (SSSR count). The largest absolute Gasteiger partial charge is 0.494 e. The van der Waals surface area contributed by atoms with Gasteiger partial charge in [-0.2, -0.15) is 5.21 Å². The molecule has 5 nitrogen and oxygen atoms in total. The molecule has 1 heterocycles. The topological polar surface area (TPSA) is 63.7 Å². The van der Waals surface area contributed by atoms with Crippen LogP contribution in [0.2, 0.25) is 0 Å². The van der Waals surface area contributed by atoms with E-state index in [2.05, 4.69) is 46.6 Å². The molecule has 1 N–H and O–H groups in total. The molecule has 0 atom stereocenters. The zero-order valence-corrected chi connectivity index (χ0v) is 11.7. The summed E-state index contributed by atoms with van der Waals surface area (Å²) in [7, 11) is 0. The Morgan fingerprint density at radius 1 is 1.16 bits per heavy atom. The summed E-state index contributed by atoms with van der Waals surface area (Å²) < 4.78 is 5.60. The second kappa shape index (κ2) is 6.31. The smallest absolute Gasteiger partial charge is 0.174 e. The fourth-order valence-corrected chi connectivity index (χ4v) is 2.16. The first-order chi connectivity index (χ1) is 9.20. The number of aryl methyl sites for hydroxylation is 4. The van der Waals surface area contributed by atoms with Crippen LogP contribution in [0.4, 0.5) is 0 Å². The molecule has 0 bridgehead atoms. The van der Waals surface area contributed by atoms with Gasteiger partial charge in [0.05, 0.1) is 6.61 Å². The van der Waals surface area contributed by atoms with Gasteiger partial charge in [0, 0.05) is 6.42 Å². The van der Waals surface area contributed by atoms with Crippen molar-refractivity contribution < 1.29 is 4.74 Å². The van der Waals surface area contributed by atoms with Crippen molar-refractivity contribution in [3.05, 3.63) is 34.6 Å². The lowest BCUT2D eigenvalue weighted by molar-refractivity contribution is 0.337. The van der Waals surface area contributed by atoms with Crippen molar-refractivity contribution >= 4 is 0 Å². The quantitative estimate of drug-likeness (QED) is 0.866. The Morgan fingerprint density at radius 3 is 2.68 bits per heavy atom. The van der Waals surface area contributed by atoms with Gasteiger partial charge in [-0.15, -0.1) is 10.2 Å². The van der Waals surface area contributed by atoms with Crippen molar-refractivity contribution in [2.75, 3.05) is 6.61 Å². The van der Waals surface area contributed by atoms with E-state index >= 15 is 0 Å². The Labute approximate surface area is 113 Å². The number of ether oxygens (including phenoxy) is 1. The van der Waals surface area contributed by atoms with E-state index < -0.39 is 0 Å². The Morgan fingerprint density at radius 2 is 2.00 bits per heavy atom. The standard InChI is InChI=1S/C14H20N4O/c1-4-19-13-9-10(2)12(8-11(13)3)6-5-7-14-15-17-18-16-14/h8-9H,4-7H2,1-3H3,(H,15,16,17,18). The van der Waals surface area contributed by atoms with Gasteiger partial charge < -0.3 is 4.74 Å². The van der Waals surface area contributed by atoms with Crippen molar-refractivity contribution in [1.29, 1.82) is 0 Å². The number of hydrogen-bond acceptors (Lipinski definition) is 4. The number of nitrogens with zero attached hydrogens (tertiary/aromatic N) is 3. The maximum Gasteiger partial charge on any atom is 0.174 e. The third-order valence-corrected chi connectivity index (χ3v) is 3.17. The molecule has 5 heteroatoms. The van der Waals surface area contributed by atoms with E-state index in [0.717, 1.165) is 30.8 Å². The first kappa shape index (κ1) is 13.5. The van der Waals surface area contributed by atoms with E-state index in [4.69, 9.17) is 4.74 Å². The zero-order chi connectivity index (χ0) is 13.7. The summed E-state index contributed by atoms with van der Waals surface area (Å²) >= 11 is 0. The van der Waals surface area contributed by atoms with Crippen LogP contribution in [-0.2, 0) is 12.8 Å². The van der Waals surface area contributed by atoms with Crippen LogP contribution in [0.5, 0.6) is 5.75 Å².